The maximum absolute atomic E-state index is 14.2. The second-order valence-corrected chi connectivity index (χ2v) is 19.7. The first-order chi connectivity index (χ1) is 27.8. The number of isocyanates is 1. The lowest BCUT2D eigenvalue weighted by molar-refractivity contribution is -0.143. The molecule has 3 fully saturated rings. The Kier molecular flexibility index (Phi) is 15.3. The number of nitrogens with zero attached hydrogens (tertiary/aromatic N) is 4. The van der Waals surface area contributed by atoms with Gasteiger partial charge in [-0.1, -0.05) is 73.3 Å². The van der Waals surface area contributed by atoms with Crippen LogP contribution in [-0.4, -0.2) is 100 Å². The van der Waals surface area contributed by atoms with E-state index < -0.39 is 85.8 Å². The van der Waals surface area contributed by atoms with Crippen molar-refractivity contribution in [2.24, 2.45) is 16.3 Å². The summed E-state index contributed by atoms with van der Waals surface area (Å²) >= 11 is 22.8. The minimum Gasteiger partial charge on any atom is -0.444 e. The quantitative estimate of drug-likeness (QED) is 0.0895. The molecule has 5 rings (SSSR count). The molecule has 1 unspecified atom stereocenters. The first-order valence-corrected chi connectivity index (χ1v) is 21.3. The third-order valence-electron chi connectivity index (χ3n) is 9.08. The molecule has 0 aromatic carbocycles. The maximum Gasteiger partial charge on any atom is 0.411 e. The molecule has 3 aliphatic rings. The van der Waals surface area contributed by atoms with Gasteiger partial charge in [0.2, 0.25) is 27.9 Å². The lowest BCUT2D eigenvalue weighted by Gasteiger charge is -2.36. The number of anilines is 1. The van der Waals surface area contributed by atoms with Crippen molar-refractivity contribution < 1.29 is 46.7 Å². The van der Waals surface area contributed by atoms with Crippen LogP contribution in [0.25, 0.3) is 0 Å². The normalized spacial score (nSPS) is 21.4. The summed E-state index contributed by atoms with van der Waals surface area (Å²) < 4.78 is 38.2. The van der Waals surface area contributed by atoms with E-state index in [0.717, 1.165) is 0 Å². The second kappa shape index (κ2) is 19.0. The zero-order chi connectivity index (χ0) is 45.0. The molecule has 0 radical (unpaired) electrons. The molecule has 326 valence electrons. The van der Waals surface area contributed by atoms with Crippen molar-refractivity contribution in [3.05, 3.63) is 57.5 Å². The molecule has 60 heavy (non-hydrogen) atoms. The number of aromatic nitrogens is 2. The fraction of sp³-hybridized carbons (Fsp3) is 0.514. The van der Waals surface area contributed by atoms with E-state index in [2.05, 4.69) is 42.2 Å². The summed E-state index contributed by atoms with van der Waals surface area (Å²) in [6.07, 6.45) is 0.727. The fourth-order valence-corrected chi connectivity index (χ4v) is 8.31. The fourth-order valence-electron chi connectivity index (χ4n) is 6.04. The molecular formula is C37H44Cl4N8O10S. The first-order valence-electron chi connectivity index (χ1n) is 18.3. The number of rotatable bonds is 11. The Morgan fingerprint density at radius 3 is 2.02 bits per heavy atom. The molecule has 2 aromatic heterocycles. The van der Waals surface area contributed by atoms with Crippen molar-refractivity contribution >= 4 is 104 Å². The number of nitrogens with one attached hydrogen (secondary N) is 4. The molecule has 0 bridgehead atoms. The van der Waals surface area contributed by atoms with Crippen LogP contribution < -0.4 is 20.7 Å². The average Bonchev–Trinajstić information content (AvgIpc) is 4.02. The summed E-state index contributed by atoms with van der Waals surface area (Å²) in [7, 11) is -3.93. The predicted molar refractivity (Wildman–Crippen MR) is 222 cm³/mol. The van der Waals surface area contributed by atoms with E-state index in [-0.39, 0.29) is 45.7 Å². The molecule has 3 heterocycles. The molecule has 1 saturated heterocycles. The number of carbonyl (C=O) groups excluding carboxylic acids is 6. The van der Waals surface area contributed by atoms with Crippen molar-refractivity contribution in [3.63, 3.8) is 0 Å². The van der Waals surface area contributed by atoms with Gasteiger partial charge in [0.15, 0.2) is 0 Å². The van der Waals surface area contributed by atoms with E-state index in [9.17, 15) is 37.2 Å². The minimum absolute atomic E-state index is 0.0173. The molecule has 0 spiro atoms. The number of hydrogen-bond acceptors (Lipinski definition) is 13. The standard InChI is InChI=1S/C31H42Cl2N6O9S.C6H2Cl2N2O/c1-8-16-14-31(16,26(42)38-49(45,46)19-9-10-19)37-24(40)20-13-18(47-27(43)34-17-11-21(32)35-22(33)12-17)15-39(20)25(41)23(29(2,3)4)36-28(44)48-30(5,6)7;7-5-1-4(9-3-11)2-6(8)10-5/h8,11-12,16,18-20,23H,1,9-10,13-15H2,2-7H3,(H,36,44)(H,37,40)(H,38,42)(H,34,35,43);1-2H/t16?,18-,20+,23-,31-;/m1./s1. The summed E-state index contributed by atoms with van der Waals surface area (Å²) in [5, 5.41) is 7.51. The van der Waals surface area contributed by atoms with E-state index in [0.29, 0.717) is 18.5 Å². The highest BCUT2D eigenvalue weighted by Gasteiger charge is 2.62. The first kappa shape index (κ1) is 48.1. The van der Waals surface area contributed by atoms with Gasteiger partial charge in [0.05, 0.1) is 23.2 Å². The molecule has 2 saturated carbocycles. The van der Waals surface area contributed by atoms with Gasteiger partial charge in [-0.05, 0) is 57.6 Å². The van der Waals surface area contributed by atoms with Gasteiger partial charge in [-0.2, -0.15) is 4.99 Å². The van der Waals surface area contributed by atoms with Crippen LogP contribution in [0.4, 0.5) is 21.0 Å². The molecule has 23 heteroatoms. The Hall–Kier alpha value is -4.52. The highest BCUT2D eigenvalue weighted by molar-refractivity contribution is 7.91. The molecule has 2 aliphatic carbocycles. The van der Waals surface area contributed by atoms with Crippen molar-refractivity contribution in [2.75, 3.05) is 11.9 Å². The Morgan fingerprint density at radius 2 is 1.53 bits per heavy atom. The lowest BCUT2D eigenvalue weighted by atomic mass is 9.85. The third kappa shape index (κ3) is 13.2. The van der Waals surface area contributed by atoms with Crippen LogP contribution >= 0.6 is 46.4 Å². The Bertz CT molecular complexity index is 2150. The van der Waals surface area contributed by atoms with Crippen LogP contribution in [0.5, 0.6) is 0 Å². The van der Waals surface area contributed by atoms with E-state index >= 15 is 0 Å². The van der Waals surface area contributed by atoms with E-state index in [1.807, 2.05) is 0 Å². The largest absolute Gasteiger partial charge is 0.444 e. The molecule has 4 N–H and O–H groups in total. The number of pyridine rings is 2. The van der Waals surface area contributed by atoms with Crippen molar-refractivity contribution in [2.45, 2.75) is 102 Å². The number of likely N-dealkylation sites (tertiary alicyclic amines) is 1. The summed E-state index contributed by atoms with van der Waals surface area (Å²) in [5.74, 6) is -2.96. The number of carbonyl (C=O) groups is 5. The Labute approximate surface area is 366 Å². The molecule has 5 atom stereocenters. The van der Waals surface area contributed by atoms with Crippen molar-refractivity contribution in [1.82, 2.24) is 30.2 Å². The molecule has 2 aromatic rings. The Balaban J connectivity index is 0.000000624. The topological polar surface area (TPSA) is 245 Å². The molecule has 1 aliphatic heterocycles. The summed E-state index contributed by atoms with van der Waals surface area (Å²) in [6, 6.07) is 3.01. The second-order valence-electron chi connectivity index (χ2n) is 16.2. The molecular weight excluding hydrogens is 890 g/mol. The van der Waals surface area contributed by atoms with Gasteiger partial charge in [0.1, 0.15) is 49.9 Å². The number of ether oxygens (including phenoxy) is 2. The van der Waals surface area contributed by atoms with Gasteiger partial charge in [-0.25, -0.2) is 32.8 Å². The summed E-state index contributed by atoms with van der Waals surface area (Å²) in [4.78, 5) is 89.0. The van der Waals surface area contributed by atoms with E-state index in [1.165, 1.54) is 41.3 Å². The summed E-state index contributed by atoms with van der Waals surface area (Å²) in [5.41, 5.74) is -2.83. The highest BCUT2D eigenvalue weighted by atomic mass is 35.5. The van der Waals surface area contributed by atoms with Gasteiger partial charge in [0, 0.05) is 24.5 Å². The summed E-state index contributed by atoms with van der Waals surface area (Å²) in [6.45, 7) is 13.6. The minimum atomic E-state index is -3.93. The van der Waals surface area contributed by atoms with Gasteiger partial charge >= 0.3 is 12.2 Å². The van der Waals surface area contributed by atoms with Gasteiger partial charge in [-0.15, -0.1) is 6.58 Å². The van der Waals surface area contributed by atoms with Crippen LogP contribution in [0.3, 0.4) is 0 Å². The molecule has 18 nitrogen and oxygen atoms in total. The van der Waals surface area contributed by atoms with Gasteiger partial charge in [-0.3, -0.25) is 24.4 Å². The van der Waals surface area contributed by atoms with Crippen LogP contribution in [0, 0.1) is 11.3 Å². The zero-order valence-electron chi connectivity index (χ0n) is 33.3. The van der Waals surface area contributed by atoms with Crippen LogP contribution in [0.2, 0.25) is 20.6 Å². The highest BCUT2D eigenvalue weighted by Crippen LogP contribution is 2.45. The number of alkyl carbamates (subject to hydrolysis) is 1. The van der Waals surface area contributed by atoms with Crippen LogP contribution in [0.15, 0.2) is 41.9 Å². The van der Waals surface area contributed by atoms with Gasteiger partial charge < -0.3 is 25.0 Å². The van der Waals surface area contributed by atoms with Gasteiger partial charge in [0.25, 0.3) is 5.91 Å². The predicted octanol–water partition coefficient (Wildman–Crippen LogP) is 5.87. The average molecular weight is 935 g/mol. The SMILES string of the molecule is C=CC1C[C@]1(NC(=O)[C@@H]1C[C@@H](OC(=O)Nc2cc(Cl)nc(Cl)c2)CN1C(=O)[C@@H](NC(=O)OC(C)(C)C)C(C)(C)C)C(=O)NS(=O)(=O)C1CC1.O=C=Nc1cc(Cl)nc(Cl)c1. The third-order valence-corrected chi connectivity index (χ3v) is 11.7. The monoisotopic (exact) mass is 932 g/mol. The Morgan fingerprint density at radius 1 is 0.967 bits per heavy atom. The van der Waals surface area contributed by atoms with Crippen LogP contribution in [0.1, 0.15) is 67.2 Å². The number of halogens is 4. The number of amides is 5. The smallest absolute Gasteiger partial charge is 0.411 e. The van der Waals surface area contributed by atoms with Crippen LogP contribution in [-0.2, 0) is 38.7 Å². The maximum atomic E-state index is 14.2. The van der Waals surface area contributed by atoms with Crippen molar-refractivity contribution in [3.8, 4) is 0 Å². The lowest BCUT2D eigenvalue weighted by Crippen LogP contribution is -2.60. The van der Waals surface area contributed by atoms with E-state index in [4.69, 9.17) is 55.9 Å². The zero-order valence-corrected chi connectivity index (χ0v) is 37.1. The van der Waals surface area contributed by atoms with Crippen molar-refractivity contribution in [1.29, 1.82) is 0 Å². The van der Waals surface area contributed by atoms with E-state index in [1.54, 1.807) is 41.5 Å². The number of aliphatic imine (C=N–C) groups is 1. The number of hydrogen-bond donors (Lipinski definition) is 4. The molecule has 5 amide bonds. The number of sulfonamides is 1.